The van der Waals surface area contributed by atoms with Gasteiger partial charge in [-0.2, -0.15) is 0 Å². The fraction of sp³-hybridized carbons (Fsp3) is 0.905. The van der Waals surface area contributed by atoms with Gasteiger partial charge in [0.2, 0.25) is 5.91 Å². The topological polar surface area (TPSA) is 77.8 Å². The Morgan fingerprint density at radius 1 is 0.745 bits per heavy atom. The number of fused-ring (bicyclic) bond motifs is 7. The highest BCUT2D eigenvalue weighted by molar-refractivity contribution is 5.83. The lowest BCUT2D eigenvalue weighted by Crippen LogP contribution is -2.67. The molecule has 10 atom stereocenters. The highest BCUT2D eigenvalue weighted by Crippen LogP contribution is 2.77. The highest BCUT2D eigenvalue weighted by atomic mass is 16.4. The number of aliphatic hydroxyl groups is 1. The molecule has 5 fully saturated rings. The van der Waals surface area contributed by atoms with Crippen LogP contribution in [0.15, 0.2) is 12.2 Å². The summed E-state index contributed by atoms with van der Waals surface area (Å²) in [5.74, 6) is 2.42. The van der Waals surface area contributed by atoms with E-state index < -0.39 is 5.97 Å². The standard InChI is InChI=1S/C42H71NO4/c1-29(2)30-20-25-42(37(47)43(8)28-16-14-12-10-9-11-13-15-17-35(45)46)27-26-40(6)31(36(30)42)18-19-33-39(5)23-22-34(44)38(3,4)32(39)21-24-41(33,40)7/h30-34,36,44H,1,9-28H2,2-8H3,(H,45,46)/t30-,31+,32-,33?,34-,36+,39-,40+,41+,42-/m0/s1. The van der Waals surface area contributed by atoms with E-state index in [0.29, 0.717) is 41.9 Å². The number of carboxylic acids is 1. The monoisotopic (exact) mass is 654 g/mol. The van der Waals surface area contributed by atoms with Crippen LogP contribution >= 0.6 is 0 Å². The van der Waals surface area contributed by atoms with E-state index in [1.807, 2.05) is 0 Å². The molecule has 1 amide bonds. The average molecular weight is 654 g/mol. The molecule has 5 heteroatoms. The van der Waals surface area contributed by atoms with Gasteiger partial charge in [0.15, 0.2) is 0 Å². The smallest absolute Gasteiger partial charge is 0.303 e. The van der Waals surface area contributed by atoms with Crippen molar-refractivity contribution in [2.75, 3.05) is 13.6 Å². The van der Waals surface area contributed by atoms with Crippen LogP contribution in [-0.2, 0) is 9.59 Å². The summed E-state index contributed by atoms with van der Waals surface area (Å²) in [5, 5.41) is 19.9. The lowest BCUT2D eigenvalue weighted by Gasteiger charge is -2.72. The van der Waals surface area contributed by atoms with Crippen LogP contribution in [0, 0.1) is 56.7 Å². The van der Waals surface area contributed by atoms with Gasteiger partial charge >= 0.3 is 5.97 Å². The van der Waals surface area contributed by atoms with Gasteiger partial charge < -0.3 is 15.1 Å². The summed E-state index contributed by atoms with van der Waals surface area (Å²) in [6.07, 6.45) is 20.3. The van der Waals surface area contributed by atoms with E-state index in [-0.39, 0.29) is 33.2 Å². The molecule has 0 aliphatic heterocycles. The van der Waals surface area contributed by atoms with Crippen LogP contribution in [-0.4, -0.2) is 46.7 Å². The van der Waals surface area contributed by atoms with Crippen molar-refractivity contribution in [2.45, 2.75) is 170 Å². The molecule has 0 aromatic carbocycles. The second kappa shape index (κ2) is 13.7. The number of aliphatic hydroxyl groups excluding tert-OH is 1. The number of allylic oxidation sites excluding steroid dienone is 1. The first-order valence-corrected chi connectivity index (χ1v) is 19.9. The minimum atomic E-state index is -0.687. The predicted molar refractivity (Wildman–Crippen MR) is 192 cm³/mol. The maximum absolute atomic E-state index is 14.7. The van der Waals surface area contributed by atoms with Gasteiger partial charge in [-0.05, 0) is 135 Å². The van der Waals surface area contributed by atoms with Crippen molar-refractivity contribution in [1.29, 1.82) is 0 Å². The Balaban J connectivity index is 1.27. The molecule has 0 heterocycles. The zero-order valence-electron chi connectivity index (χ0n) is 31.5. The lowest BCUT2D eigenvalue weighted by atomic mass is 9.32. The van der Waals surface area contributed by atoms with Gasteiger partial charge in [0.25, 0.3) is 0 Å². The minimum absolute atomic E-state index is 0.0232. The Kier molecular flexibility index (Phi) is 10.8. The number of amides is 1. The first-order valence-electron chi connectivity index (χ1n) is 19.9. The number of hydrogen-bond donors (Lipinski definition) is 2. The molecule has 1 unspecified atom stereocenters. The van der Waals surface area contributed by atoms with Crippen LogP contribution in [0.4, 0.5) is 0 Å². The van der Waals surface area contributed by atoms with Crippen molar-refractivity contribution in [3.8, 4) is 0 Å². The summed E-state index contributed by atoms with van der Waals surface area (Å²) in [5.41, 5.74) is 1.80. The third kappa shape index (κ3) is 6.18. The molecule has 47 heavy (non-hydrogen) atoms. The Morgan fingerprint density at radius 3 is 2.02 bits per heavy atom. The number of rotatable bonds is 13. The van der Waals surface area contributed by atoms with Crippen molar-refractivity contribution in [2.24, 2.45) is 56.7 Å². The van der Waals surface area contributed by atoms with E-state index in [9.17, 15) is 14.7 Å². The van der Waals surface area contributed by atoms with Gasteiger partial charge in [0, 0.05) is 20.0 Å². The Labute approximate surface area is 288 Å². The van der Waals surface area contributed by atoms with Crippen molar-refractivity contribution >= 4 is 11.9 Å². The molecule has 5 saturated carbocycles. The molecule has 0 spiro atoms. The van der Waals surface area contributed by atoms with Gasteiger partial charge in [-0.15, -0.1) is 0 Å². The van der Waals surface area contributed by atoms with Crippen LogP contribution in [0.25, 0.3) is 0 Å². The first kappa shape index (κ1) is 36.9. The fourth-order valence-corrected chi connectivity index (χ4v) is 13.7. The van der Waals surface area contributed by atoms with Crippen LogP contribution in [0.5, 0.6) is 0 Å². The summed E-state index contributed by atoms with van der Waals surface area (Å²) in [6, 6.07) is 0. The molecular weight excluding hydrogens is 582 g/mol. The van der Waals surface area contributed by atoms with E-state index in [2.05, 4.69) is 60.1 Å². The van der Waals surface area contributed by atoms with Crippen molar-refractivity contribution in [3.63, 3.8) is 0 Å². The van der Waals surface area contributed by atoms with Gasteiger partial charge in [0.1, 0.15) is 0 Å². The molecule has 5 nitrogen and oxygen atoms in total. The molecule has 268 valence electrons. The van der Waals surface area contributed by atoms with Crippen LogP contribution in [0.1, 0.15) is 164 Å². The van der Waals surface area contributed by atoms with E-state index in [0.717, 1.165) is 70.8 Å². The Bertz CT molecular complexity index is 1160. The molecule has 0 aromatic heterocycles. The summed E-state index contributed by atoms with van der Waals surface area (Å²) >= 11 is 0. The molecule has 5 aliphatic carbocycles. The number of nitrogens with zero attached hydrogens (tertiary/aromatic N) is 1. The minimum Gasteiger partial charge on any atom is -0.481 e. The van der Waals surface area contributed by atoms with E-state index in [1.54, 1.807) is 0 Å². The molecule has 0 aromatic rings. The zero-order chi connectivity index (χ0) is 34.4. The van der Waals surface area contributed by atoms with E-state index in [1.165, 1.54) is 56.9 Å². The van der Waals surface area contributed by atoms with Gasteiger partial charge in [-0.25, -0.2) is 0 Å². The SMILES string of the molecule is C=C(C)[C@@H]1CC[C@]2(C(=O)N(C)CCCCCCCCCCC(=O)O)CC[C@]3(C)[C@H](CCC4[C@@]5(C)CC[C@H](O)C(C)(C)[C@@H]5CC[C@]43C)[C@@H]12. The van der Waals surface area contributed by atoms with Crippen molar-refractivity contribution in [1.82, 2.24) is 4.90 Å². The zero-order valence-corrected chi connectivity index (χ0v) is 31.5. The number of carbonyl (C=O) groups is 2. The quantitative estimate of drug-likeness (QED) is 0.153. The van der Waals surface area contributed by atoms with Crippen LogP contribution in [0.3, 0.4) is 0 Å². The first-order chi connectivity index (χ1) is 22.1. The Morgan fingerprint density at radius 2 is 1.38 bits per heavy atom. The average Bonchev–Trinajstić information content (AvgIpc) is 3.41. The van der Waals surface area contributed by atoms with Gasteiger partial charge in [-0.1, -0.05) is 85.3 Å². The molecule has 5 aliphatic rings. The number of hydrogen-bond acceptors (Lipinski definition) is 3. The van der Waals surface area contributed by atoms with Gasteiger partial charge in [0.05, 0.1) is 11.5 Å². The third-order valence-corrected chi connectivity index (χ3v) is 16.5. The summed E-state index contributed by atoms with van der Waals surface area (Å²) in [6.45, 7) is 20.3. The number of carbonyl (C=O) groups excluding carboxylic acids is 1. The van der Waals surface area contributed by atoms with Crippen molar-refractivity contribution < 1.29 is 19.8 Å². The molecule has 2 N–H and O–H groups in total. The van der Waals surface area contributed by atoms with E-state index >= 15 is 0 Å². The molecule has 0 bridgehead atoms. The van der Waals surface area contributed by atoms with E-state index in [4.69, 9.17) is 5.11 Å². The van der Waals surface area contributed by atoms with Crippen LogP contribution in [0.2, 0.25) is 0 Å². The second-order valence-electron chi connectivity index (χ2n) is 18.9. The number of aliphatic carboxylic acids is 1. The third-order valence-electron chi connectivity index (χ3n) is 16.5. The normalized spacial score (nSPS) is 42.0. The van der Waals surface area contributed by atoms with Crippen molar-refractivity contribution in [3.05, 3.63) is 12.2 Å². The maximum atomic E-state index is 14.7. The predicted octanol–water partition coefficient (Wildman–Crippen LogP) is 10.1. The number of unbranched alkanes of at least 4 members (excludes halogenated alkanes) is 7. The Hall–Kier alpha value is -1.36. The van der Waals surface area contributed by atoms with Gasteiger partial charge in [-0.3, -0.25) is 9.59 Å². The summed E-state index contributed by atoms with van der Waals surface area (Å²) < 4.78 is 0. The maximum Gasteiger partial charge on any atom is 0.303 e. The highest BCUT2D eigenvalue weighted by Gasteiger charge is 2.72. The fourth-order valence-electron chi connectivity index (χ4n) is 13.7. The largest absolute Gasteiger partial charge is 0.481 e. The molecule has 0 saturated heterocycles. The number of carboxylic acid groups (broad SMARTS) is 1. The molecule has 0 radical (unpaired) electrons. The summed E-state index contributed by atoms with van der Waals surface area (Å²) in [4.78, 5) is 27.5. The summed E-state index contributed by atoms with van der Waals surface area (Å²) in [7, 11) is 2.08. The lowest BCUT2D eigenvalue weighted by molar-refractivity contribution is -0.247. The second-order valence-corrected chi connectivity index (χ2v) is 18.9. The van der Waals surface area contributed by atoms with Crippen LogP contribution < -0.4 is 0 Å². The molecule has 5 rings (SSSR count). The molecular formula is C42H71NO4.